The number of carbonyl (C=O) groups excluding carboxylic acids is 1. The molecule has 0 saturated heterocycles. The summed E-state index contributed by atoms with van der Waals surface area (Å²) >= 11 is 0. The molecule has 0 bridgehead atoms. The predicted molar refractivity (Wildman–Crippen MR) is 76.5 cm³/mol. The van der Waals surface area contributed by atoms with Crippen LogP contribution >= 0.6 is 0 Å². The van der Waals surface area contributed by atoms with Gasteiger partial charge in [-0.25, -0.2) is 0 Å². The van der Waals surface area contributed by atoms with Gasteiger partial charge in [0, 0.05) is 19.1 Å². The number of nitrogens with two attached hydrogens (primary N) is 1. The Morgan fingerprint density at radius 2 is 1.89 bits per heavy atom. The quantitative estimate of drug-likeness (QED) is 0.616. The molecule has 0 radical (unpaired) electrons. The Labute approximate surface area is 112 Å². The van der Waals surface area contributed by atoms with Crippen LogP contribution in [-0.4, -0.2) is 68.1 Å². The van der Waals surface area contributed by atoms with E-state index in [2.05, 4.69) is 43.2 Å². The number of primary amides is 1. The Kier molecular flexibility index (Phi) is 7.43. The highest BCUT2D eigenvalue weighted by Gasteiger charge is 2.32. The van der Waals surface area contributed by atoms with E-state index in [1.807, 2.05) is 13.8 Å². The monoisotopic (exact) mass is 258 g/mol. The highest BCUT2D eigenvalue weighted by atomic mass is 16.1. The van der Waals surface area contributed by atoms with Crippen molar-refractivity contribution in [3.05, 3.63) is 0 Å². The Morgan fingerprint density at radius 1 is 1.33 bits per heavy atom. The maximum atomic E-state index is 11.6. The second kappa shape index (κ2) is 7.71. The van der Waals surface area contributed by atoms with Crippen LogP contribution in [0.25, 0.3) is 0 Å². The first-order valence-electron chi connectivity index (χ1n) is 6.62. The van der Waals surface area contributed by atoms with Gasteiger partial charge in [0.05, 0.1) is 5.54 Å². The van der Waals surface area contributed by atoms with Crippen LogP contribution in [0.15, 0.2) is 0 Å². The van der Waals surface area contributed by atoms with Gasteiger partial charge in [-0.2, -0.15) is 0 Å². The summed E-state index contributed by atoms with van der Waals surface area (Å²) in [4.78, 5) is 16.0. The number of rotatable bonds is 9. The molecule has 0 aliphatic heterocycles. The Bertz CT molecular complexity index is 257. The summed E-state index contributed by atoms with van der Waals surface area (Å²) in [7, 11) is 6.21. The van der Waals surface area contributed by atoms with Gasteiger partial charge in [-0.05, 0) is 48.0 Å². The third-order valence-electron chi connectivity index (χ3n) is 3.47. The highest BCUT2D eigenvalue weighted by Crippen LogP contribution is 2.15. The number of likely N-dealkylation sites (N-methyl/N-ethyl adjacent to an activating group) is 3. The van der Waals surface area contributed by atoms with E-state index in [1.165, 1.54) is 0 Å². The van der Waals surface area contributed by atoms with E-state index in [1.54, 1.807) is 0 Å². The van der Waals surface area contributed by atoms with E-state index < -0.39 is 5.54 Å². The molecular weight excluding hydrogens is 228 g/mol. The molecule has 1 amide bonds. The molecule has 0 fully saturated rings. The summed E-state index contributed by atoms with van der Waals surface area (Å²) in [6.07, 6.45) is 0.722. The molecule has 0 aromatic carbocycles. The van der Waals surface area contributed by atoms with Crippen molar-refractivity contribution >= 4 is 5.91 Å². The third kappa shape index (κ3) is 5.80. The predicted octanol–water partition coefficient (Wildman–Crippen LogP) is 0.112. The maximum absolute atomic E-state index is 11.6. The van der Waals surface area contributed by atoms with Crippen LogP contribution in [0, 0.1) is 0 Å². The third-order valence-corrected chi connectivity index (χ3v) is 3.47. The summed E-state index contributed by atoms with van der Waals surface area (Å²) in [5.41, 5.74) is 4.88. The van der Waals surface area contributed by atoms with Crippen molar-refractivity contribution in [2.45, 2.75) is 38.8 Å². The number of amides is 1. The minimum atomic E-state index is -0.624. The lowest BCUT2D eigenvalue weighted by molar-refractivity contribution is -0.124. The van der Waals surface area contributed by atoms with E-state index in [-0.39, 0.29) is 5.91 Å². The van der Waals surface area contributed by atoms with Crippen molar-refractivity contribution < 1.29 is 4.79 Å². The van der Waals surface area contributed by atoms with Crippen molar-refractivity contribution in [3.63, 3.8) is 0 Å². The van der Waals surface area contributed by atoms with Crippen molar-refractivity contribution in [1.29, 1.82) is 0 Å². The molecule has 0 aliphatic rings. The molecule has 5 nitrogen and oxygen atoms in total. The second-order valence-electron chi connectivity index (χ2n) is 5.56. The van der Waals surface area contributed by atoms with Gasteiger partial charge < -0.3 is 20.9 Å². The molecule has 5 heteroatoms. The number of nitrogens with one attached hydrogen (secondary N) is 1. The largest absolute Gasteiger partial charge is 0.368 e. The normalized spacial score (nSPS) is 16.9. The zero-order chi connectivity index (χ0) is 14.3. The van der Waals surface area contributed by atoms with Crippen LogP contribution in [0.4, 0.5) is 0 Å². The van der Waals surface area contributed by atoms with E-state index >= 15 is 0 Å². The van der Waals surface area contributed by atoms with Crippen LogP contribution in [0.2, 0.25) is 0 Å². The summed E-state index contributed by atoms with van der Waals surface area (Å²) in [5, 5.41) is 3.20. The SMILES string of the molecule is CCNC(C)(CC(C)N(C)CCN(C)C)C(N)=O. The summed E-state index contributed by atoms with van der Waals surface area (Å²) in [6.45, 7) is 8.74. The minimum Gasteiger partial charge on any atom is -0.368 e. The molecule has 108 valence electrons. The van der Waals surface area contributed by atoms with E-state index in [9.17, 15) is 4.79 Å². The fourth-order valence-electron chi connectivity index (χ4n) is 1.97. The van der Waals surface area contributed by atoms with Crippen LogP contribution < -0.4 is 11.1 Å². The van der Waals surface area contributed by atoms with Gasteiger partial charge in [0.1, 0.15) is 0 Å². The molecular formula is C13H30N4O. The molecule has 0 heterocycles. The smallest absolute Gasteiger partial charge is 0.237 e. The zero-order valence-electron chi connectivity index (χ0n) is 12.8. The Hall–Kier alpha value is -0.650. The first kappa shape index (κ1) is 17.4. The number of nitrogens with zero attached hydrogens (tertiary/aromatic N) is 2. The Morgan fingerprint density at radius 3 is 2.28 bits per heavy atom. The summed E-state index contributed by atoms with van der Waals surface area (Å²) in [6, 6.07) is 0.307. The second-order valence-corrected chi connectivity index (χ2v) is 5.56. The van der Waals surface area contributed by atoms with Crippen LogP contribution in [0.5, 0.6) is 0 Å². The van der Waals surface area contributed by atoms with Crippen LogP contribution in [-0.2, 0) is 4.79 Å². The minimum absolute atomic E-state index is 0.280. The lowest BCUT2D eigenvalue weighted by Gasteiger charge is -2.34. The molecule has 0 aromatic heterocycles. The molecule has 2 unspecified atom stereocenters. The topological polar surface area (TPSA) is 61.6 Å². The van der Waals surface area contributed by atoms with Gasteiger partial charge in [-0.1, -0.05) is 6.92 Å². The average Bonchev–Trinajstić information content (AvgIpc) is 2.25. The summed E-state index contributed by atoms with van der Waals surface area (Å²) in [5.74, 6) is -0.280. The van der Waals surface area contributed by atoms with E-state index in [4.69, 9.17) is 5.73 Å². The summed E-state index contributed by atoms with van der Waals surface area (Å²) < 4.78 is 0. The highest BCUT2D eigenvalue weighted by molar-refractivity contribution is 5.84. The van der Waals surface area contributed by atoms with Crippen molar-refractivity contribution in [1.82, 2.24) is 15.1 Å². The molecule has 18 heavy (non-hydrogen) atoms. The fourth-order valence-corrected chi connectivity index (χ4v) is 1.97. The van der Waals surface area contributed by atoms with Crippen molar-refractivity contribution in [2.75, 3.05) is 40.8 Å². The standard InChI is InChI=1S/C13H30N4O/c1-7-15-13(3,12(14)18)10-11(2)17(6)9-8-16(4)5/h11,15H,7-10H2,1-6H3,(H2,14,18). The lowest BCUT2D eigenvalue weighted by atomic mass is 9.92. The van der Waals surface area contributed by atoms with Gasteiger partial charge in [0.15, 0.2) is 0 Å². The van der Waals surface area contributed by atoms with Gasteiger partial charge in [0.25, 0.3) is 0 Å². The molecule has 2 atom stereocenters. The number of hydrogen-bond acceptors (Lipinski definition) is 4. The van der Waals surface area contributed by atoms with Gasteiger partial charge in [-0.3, -0.25) is 4.79 Å². The molecule has 0 rings (SSSR count). The molecule has 0 aromatic rings. The fraction of sp³-hybridized carbons (Fsp3) is 0.923. The first-order chi connectivity index (χ1) is 8.23. The zero-order valence-corrected chi connectivity index (χ0v) is 12.8. The Balaban J connectivity index is 4.41. The average molecular weight is 258 g/mol. The van der Waals surface area contributed by atoms with Gasteiger partial charge in [-0.15, -0.1) is 0 Å². The molecule has 0 spiro atoms. The van der Waals surface area contributed by atoms with Gasteiger partial charge in [0.2, 0.25) is 5.91 Å². The molecule has 0 saturated carbocycles. The van der Waals surface area contributed by atoms with Crippen LogP contribution in [0.3, 0.4) is 0 Å². The molecule has 0 aliphatic carbocycles. The van der Waals surface area contributed by atoms with Crippen molar-refractivity contribution in [2.24, 2.45) is 5.73 Å². The number of hydrogen-bond donors (Lipinski definition) is 2. The van der Waals surface area contributed by atoms with E-state index in [0.29, 0.717) is 6.04 Å². The lowest BCUT2D eigenvalue weighted by Crippen LogP contribution is -2.56. The van der Waals surface area contributed by atoms with Crippen molar-refractivity contribution in [3.8, 4) is 0 Å². The van der Waals surface area contributed by atoms with Gasteiger partial charge >= 0.3 is 0 Å². The maximum Gasteiger partial charge on any atom is 0.237 e. The van der Waals surface area contributed by atoms with E-state index in [0.717, 1.165) is 26.1 Å². The van der Waals surface area contributed by atoms with Crippen LogP contribution in [0.1, 0.15) is 27.2 Å². The first-order valence-corrected chi connectivity index (χ1v) is 6.62. The number of carbonyl (C=O) groups is 1. The molecule has 3 N–H and O–H groups in total.